The van der Waals surface area contributed by atoms with E-state index in [4.69, 9.17) is 9.15 Å². The number of ether oxygens (including phenoxy) is 1. The third-order valence-corrected chi connectivity index (χ3v) is 3.42. The number of rotatable bonds is 4. The molecule has 3 rings (SSSR count). The van der Waals surface area contributed by atoms with Crippen molar-refractivity contribution in [2.24, 2.45) is 0 Å². The predicted molar refractivity (Wildman–Crippen MR) is 77.9 cm³/mol. The van der Waals surface area contributed by atoms with Gasteiger partial charge < -0.3 is 14.5 Å². The minimum atomic E-state index is -0.280. The molecule has 1 N–H and O–H groups in total. The first-order chi connectivity index (χ1) is 10.2. The van der Waals surface area contributed by atoms with E-state index in [1.165, 1.54) is 12.1 Å². The topological polar surface area (TPSA) is 47.3 Å². The van der Waals surface area contributed by atoms with E-state index in [2.05, 4.69) is 10.3 Å². The van der Waals surface area contributed by atoms with Crippen molar-refractivity contribution in [3.05, 3.63) is 59.9 Å². The second-order valence-electron chi connectivity index (χ2n) is 4.67. The Balaban J connectivity index is 2.09. The fraction of sp³-hybridized carbons (Fsp3) is 0.188. The summed E-state index contributed by atoms with van der Waals surface area (Å²) < 4.78 is 24.4. The predicted octanol–water partition coefficient (Wildman–Crippen LogP) is 3.28. The number of aromatic nitrogens is 1. The van der Waals surface area contributed by atoms with Crippen molar-refractivity contribution in [3.8, 4) is 5.75 Å². The molecule has 21 heavy (non-hydrogen) atoms. The van der Waals surface area contributed by atoms with Crippen molar-refractivity contribution >= 4 is 11.0 Å². The minimum absolute atomic E-state index is 0.196. The van der Waals surface area contributed by atoms with E-state index in [0.717, 1.165) is 10.9 Å². The average molecular weight is 286 g/mol. The normalized spacial score (nSPS) is 12.5. The van der Waals surface area contributed by atoms with Crippen molar-refractivity contribution in [3.63, 3.8) is 0 Å². The Hall–Kier alpha value is -2.40. The van der Waals surface area contributed by atoms with Gasteiger partial charge in [-0.15, -0.1) is 0 Å². The third-order valence-electron chi connectivity index (χ3n) is 3.42. The van der Waals surface area contributed by atoms with Crippen molar-refractivity contribution < 1.29 is 13.5 Å². The number of hydrogen-bond acceptors (Lipinski definition) is 4. The molecule has 0 spiro atoms. The van der Waals surface area contributed by atoms with Gasteiger partial charge in [0.2, 0.25) is 0 Å². The standard InChI is InChI=1S/C16H15FN2O2/c1-18-16(12-5-6-19-9-15(12)20-2)14-8-10-7-11(17)3-4-13(10)21-14/h3-9,16,18H,1-2H3. The third kappa shape index (κ3) is 2.48. The van der Waals surface area contributed by atoms with Gasteiger partial charge in [-0.3, -0.25) is 4.98 Å². The van der Waals surface area contributed by atoms with Gasteiger partial charge in [0.1, 0.15) is 22.9 Å². The maximum absolute atomic E-state index is 13.3. The molecule has 1 unspecified atom stereocenters. The molecule has 1 aromatic carbocycles. The summed E-state index contributed by atoms with van der Waals surface area (Å²) in [6.45, 7) is 0. The lowest BCUT2D eigenvalue weighted by Crippen LogP contribution is -2.17. The lowest BCUT2D eigenvalue weighted by molar-refractivity contribution is 0.397. The van der Waals surface area contributed by atoms with Crippen LogP contribution in [0.2, 0.25) is 0 Å². The van der Waals surface area contributed by atoms with Gasteiger partial charge in [0.15, 0.2) is 0 Å². The Morgan fingerprint density at radius 3 is 2.90 bits per heavy atom. The molecule has 0 fully saturated rings. The Kier molecular flexibility index (Phi) is 3.58. The Labute approximate surface area is 121 Å². The smallest absolute Gasteiger partial charge is 0.142 e. The van der Waals surface area contributed by atoms with Crippen molar-refractivity contribution in [1.82, 2.24) is 10.3 Å². The molecule has 0 saturated heterocycles. The van der Waals surface area contributed by atoms with Crippen molar-refractivity contribution in [2.45, 2.75) is 6.04 Å². The lowest BCUT2D eigenvalue weighted by Gasteiger charge is -2.16. The molecule has 0 aliphatic heterocycles. The van der Waals surface area contributed by atoms with Gasteiger partial charge in [-0.05, 0) is 37.4 Å². The maximum atomic E-state index is 13.3. The van der Waals surface area contributed by atoms with Crippen LogP contribution in [0.25, 0.3) is 11.0 Å². The Morgan fingerprint density at radius 1 is 1.29 bits per heavy atom. The molecule has 2 heterocycles. The first kappa shape index (κ1) is 13.6. The Bertz CT molecular complexity index is 770. The Morgan fingerprint density at radius 2 is 2.14 bits per heavy atom. The molecule has 2 aromatic heterocycles. The minimum Gasteiger partial charge on any atom is -0.495 e. The van der Waals surface area contributed by atoms with Gasteiger partial charge >= 0.3 is 0 Å². The molecule has 0 aliphatic rings. The summed E-state index contributed by atoms with van der Waals surface area (Å²) in [5.74, 6) is 1.09. The second-order valence-corrected chi connectivity index (χ2v) is 4.67. The van der Waals surface area contributed by atoms with E-state index in [1.807, 2.05) is 19.2 Å². The molecule has 0 saturated carbocycles. The van der Waals surface area contributed by atoms with Crippen molar-refractivity contribution in [1.29, 1.82) is 0 Å². The lowest BCUT2D eigenvalue weighted by atomic mass is 10.0. The summed E-state index contributed by atoms with van der Waals surface area (Å²) in [5.41, 5.74) is 1.56. The summed E-state index contributed by atoms with van der Waals surface area (Å²) in [5, 5.41) is 3.92. The number of hydrogen-bond donors (Lipinski definition) is 1. The van der Waals surface area contributed by atoms with Crippen LogP contribution < -0.4 is 10.1 Å². The molecule has 1 atom stereocenters. The highest BCUT2D eigenvalue weighted by molar-refractivity contribution is 5.78. The number of nitrogens with one attached hydrogen (secondary N) is 1. The highest BCUT2D eigenvalue weighted by Crippen LogP contribution is 2.32. The quantitative estimate of drug-likeness (QED) is 0.799. The maximum Gasteiger partial charge on any atom is 0.142 e. The summed E-state index contributed by atoms with van der Waals surface area (Å²) in [4.78, 5) is 4.05. The number of benzene rings is 1. The summed E-state index contributed by atoms with van der Waals surface area (Å²) in [7, 11) is 3.43. The zero-order chi connectivity index (χ0) is 14.8. The number of fused-ring (bicyclic) bond motifs is 1. The van der Waals surface area contributed by atoms with Crippen LogP contribution in [0.5, 0.6) is 5.75 Å². The van der Waals surface area contributed by atoms with E-state index in [0.29, 0.717) is 17.1 Å². The number of halogens is 1. The van der Waals surface area contributed by atoms with Crippen LogP contribution in [-0.2, 0) is 0 Å². The van der Waals surface area contributed by atoms with Crippen molar-refractivity contribution in [2.75, 3.05) is 14.2 Å². The fourth-order valence-corrected chi connectivity index (χ4v) is 2.43. The fourth-order valence-electron chi connectivity index (χ4n) is 2.43. The number of pyridine rings is 1. The summed E-state index contributed by atoms with van der Waals surface area (Å²) >= 11 is 0. The zero-order valence-corrected chi connectivity index (χ0v) is 11.8. The molecule has 0 aliphatic carbocycles. The number of furan rings is 1. The van der Waals surface area contributed by atoms with Crippen LogP contribution in [-0.4, -0.2) is 19.1 Å². The van der Waals surface area contributed by atoms with Crippen LogP contribution >= 0.6 is 0 Å². The van der Waals surface area contributed by atoms with E-state index in [1.54, 1.807) is 25.6 Å². The molecule has 108 valence electrons. The van der Waals surface area contributed by atoms with Gasteiger partial charge in [-0.25, -0.2) is 4.39 Å². The van der Waals surface area contributed by atoms with E-state index < -0.39 is 0 Å². The van der Waals surface area contributed by atoms with Gasteiger partial charge in [0.05, 0.1) is 19.3 Å². The van der Waals surface area contributed by atoms with E-state index in [9.17, 15) is 4.39 Å². The van der Waals surface area contributed by atoms with Crippen LogP contribution in [0.15, 0.2) is 47.1 Å². The summed E-state index contributed by atoms with van der Waals surface area (Å²) in [6, 6.07) is 7.98. The van der Waals surface area contributed by atoms with Gasteiger partial charge in [0.25, 0.3) is 0 Å². The molecule has 0 amide bonds. The average Bonchev–Trinajstić information content (AvgIpc) is 2.91. The van der Waals surface area contributed by atoms with Crippen LogP contribution in [0.4, 0.5) is 4.39 Å². The van der Waals surface area contributed by atoms with Gasteiger partial charge in [-0.1, -0.05) is 0 Å². The van der Waals surface area contributed by atoms with E-state index >= 15 is 0 Å². The molecular weight excluding hydrogens is 271 g/mol. The van der Waals surface area contributed by atoms with E-state index in [-0.39, 0.29) is 11.9 Å². The second kappa shape index (κ2) is 5.54. The number of nitrogens with zero attached hydrogens (tertiary/aromatic N) is 1. The highest BCUT2D eigenvalue weighted by atomic mass is 19.1. The molecular formula is C16H15FN2O2. The van der Waals surface area contributed by atoms with Gasteiger partial charge in [0, 0.05) is 17.1 Å². The van der Waals surface area contributed by atoms with Crippen LogP contribution in [0.1, 0.15) is 17.4 Å². The molecule has 5 heteroatoms. The van der Waals surface area contributed by atoms with Crippen LogP contribution in [0, 0.1) is 5.82 Å². The first-order valence-electron chi connectivity index (χ1n) is 6.57. The summed E-state index contributed by atoms with van der Waals surface area (Å²) in [6.07, 6.45) is 3.35. The number of methoxy groups -OCH3 is 1. The van der Waals surface area contributed by atoms with Crippen LogP contribution in [0.3, 0.4) is 0 Å². The van der Waals surface area contributed by atoms with Gasteiger partial charge in [-0.2, -0.15) is 0 Å². The molecule has 0 radical (unpaired) electrons. The SMILES string of the molecule is CNC(c1cc2cc(F)ccc2o1)c1ccncc1OC. The monoisotopic (exact) mass is 286 g/mol. The molecule has 3 aromatic rings. The largest absolute Gasteiger partial charge is 0.495 e. The zero-order valence-electron chi connectivity index (χ0n) is 11.8. The molecule has 0 bridgehead atoms. The molecule has 4 nitrogen and oxygen atoms in total. The highest BCUT2D eigenvalue weighted by Gasteiger charge is 2.20. The first-order valence-corrected chi connectivity index (χ1v) is 6.57.